The third kappa shape index (κ3) is 5.57. The highest BCUT2D eigenvalue weighted by Gasteiger charge is 2.27. The van der Waals surface area contributed by atoms with Crippen LogP contribution in [-0.4, -0.2) is 48.9 Å². The molecule has 36 heavy (non-hydrogen) atoms. The molecule has 1 amide bonds. The van der Waals surface area contributed by atoms with Crippen molar-refractivity contribution in [3.63, 3.8) is 0 Å². The van der Waals surface area contributed by atoms with E-state index in [1.807, 2.05) is 30.3 Å². The molecule has 1 unspecified atom stereocenters. The average Bonchev–Trinajstić information content (AvgIpc) is 3.36. The number of rotatable bonds is 8. The van der Waals surface area contributed by atoms with Crippen LogP contribution in [0.15, 0.2) is 66.7 Å². The molecule has 2 aliphatic rings. The number of fused-ring (bicyclic) bond motifs is 1. The number of methoxy groups -OCH3 is 1. The fraction of sp³-hybridized carbons (Fsp3) is 0.345. The van der Waals surface area contributed by atoms with E-state index in [2.05, 4.69) is 34.5 Å². The summed E-state index contributed by atoms with van der Waals surface area (Å²) in [5.41, 5.74) is 2.86. The lowest BCUT2D eigenvalue weighted by Gasteiger charge is -2.32. The van der Waals surface area contributed by atoms with Crippen LogP contribution in [0.1, 0.15) is 41.9 Å². The molecule has 1 fully saturated rings. The van der Waals surface area contributed by atoms with Crippen LogP contribution in [0.25, 0.3) is 0 Å². The zero-order valence-electron chi connectivity index (χ0n) is 20.5. The lowest BCUT2D eigenvalue weighted by atomic mass is 9.87. The number of piperidine rings is 1. The van der Waals surface area contributed by atoms with E-state index in [1.165, 1.54) is 5.56 Å². The first-order valence-electron chi connectivity index (χ1n) is 12.4. The van der Waals surface area contributed by atoms with Gasteiger partial charge < -0.3 is 24.6 Å². The minimum absolute atomic E-state index is 0.0330. The fourth-order valence-corrected chi connectivity index (χ4v) is 5.02. The van der Waals surface area contributed by atoms with Gasteiger partial charge in [-0.15, -0.1) is 0 Å². The van der Waals surface area contributed by atoms with Gasteiger partial charge in [-0.05, 0) is 42.2 Å². The summed E-state index contributed by atoms with van der Waals surface area (Å²) in [4.78, 5) is 15.7. The Labute approximate surface area is 211 Å². The molecular weight excluding hydrogens is 456 g/mol. The molecule has 3 aromatic carbocycles. The van der Waals surface area contributed by atoms with Gasteiger partial charge in [0, 0.05) is 49.6 Å². The molecule has 1 saturated heterocycles. The summed E-state index contributed by atoms with van der Waals surface area (Å²) < 4.78 is 16.2. The number of nitrogens with zero attached hydrogens (tertiary/aromatic N) is 1. The summed E-state index contributed by atoms with van der Waals surface area (Å²) in [6.07, 6.45) is 2.05. The molecule has 0 saturated carbocycles. The number of likely N-dealkylation sites (tertiary alicyclic amines) is 1. The smallest absolute Gasteiger partial charge is 0.231 e. The molecule has 0 radical (unpaired) electrons. The van der Waals surface area contributed by atoms with E-state index in [0.717, 1.165) is 43.8 Å². The first-order chi connectivity index (χ1) is 17.6. The lowest BCUT2D eigenvalue weighted by Crippen LogP contribution is -2.44. The Morgan fingerprint density at radius 1 is 1.06 bits per heavy atom. The molecule has 2 heterocycles. The highest BCUT2D eigenvalue weighted by Crippen LogP contribution is 2.43. The zero-order valence-corrected chi connectivity index (χ0v) is 20.5. The Morgan fingerprint density at radius 2 is 1.75 bits per heavy atom. The van der Waals surface area contributed by atoms with Crippen molar-refractivity contribution >= 4 is 5.91 Å². The maximum atomic E-state index is 13.2. The zero-order chi connectivity index (χ0) is 24.9. The van der Waals surface area contributed by atoms with E-state index in [4.69, 9.17) is 14.2 Å². The Bertz CT molecular complexity index is 1170. The molecule has 1 atom stereocenters. The fourth-order valence-electron chi connectivity index (χ4n) is 5.02. The Hall–Kier alpha value is -3.71. The molecule has 188 valence electrons. The summed E-state index contributed by atoms with van der Waals surface area (Å²) >= 11 is 0. The molecule has 0 aromatic heterocycles. The second-order valence-corrected chi connectivity index (χ2v) is 9.40. The third-order valence-corrected chi connectivity index (χ3v) is 7.01. The van der Waals surface area contributed by atoms with Gasteiger partial charge in [0.25, 0.3) is 0 Å². The quantitative estimate of drug-likeness (QED) is 0.488. The molecular formula is C29H32N2O5. The van der Waals surface area contributed by atoms with Crippen LogP contribution in [-0.2, 0) is 11.3 Å². The number of aromatic hydroxyl groups is 1. The molecule has 3 aromatic rings. The van der Waals surface area contributed by atoms with Crippen LogP contribution in [0.3, 0.4) is 0 Å². The number of phenolic OH excluding ortho intramolecular Hbond substituents is 1. The molecule has 7 heteroatoms. The summed E-state index contributed by atoms with van der Waals surface area (Å²) in [6, 6.07) is 21.6. The van der Waals surface area contributed by atoms with Gasteiger partial charge in [-0.2, -0.15) is 0 Å². The number of carbonyl (C=O) groups is 1. The van der Waals surface area contributed by atoms with Crippen molar-refractivity contribution in [2.75, 3.05) is 27.0 Å². The molecule has 0 aliphatic carbocycles. The molecule has 2 N–H and O–H groups in total. The number of carbonyl (C=O) groups excluding carboxylic acids is 1. The summed E-state index contributed by atoms with van der Waals surface area (Å²) in [5.74, 6) is 1.53. The van der Waals surface area contributed by atoms with Gasteiger partial charge in [0.2, 0.25) is 12.7 Å². The van der Waals surface area contributed by atoms with E-state index in [1.54, 1.807) is 19.2 Å². The van der Waals surface area contributed by atoms with Crippen molar-refractivity contribution in [3.05, 3.63) is 83.4 Å². The van der Waals surface area contributed by atoms with Crippen molar-refractivity contribution < 1.29 is 24.1 Å². The normalized spacial score (nSPS) is 16.5. The van der Waals surface area contributed by atoms with Crippen molar-refractivity contribution in [3.8, 4) is 23.0 Å². The monoisotopic (exact) mass is 488 g/mol. The highest BCUT2D eigenvalue weighted by molar-refractivity contribution is 5.78. The topological polar surface area (TPSA) is 80.3 Å². The van der Waals surface area contributed by atoms with Gasteiger partial charge in [-0.1, -0.05) is 42.5 Å². The minimum Gasteiger partial charge on any atom is -0.508 e. The summed E-state index contributed by atoms with van der Waals surface area (Å²) in [7, 11) is 1.62. The van der Waals surface area contributed by atoms with Gasteiger partial charge in [0.1, 0.15) is 11.5 Å². The molecule has 0 spiro atoms. The lowest BCUT2D eigenvalue weighted by molar-refractivity contribution is -0.122. The predicted octanol–water partition coefficient (Wildman–Crippen LogP) is 4.43. The second kappa shape index (κ2) is 10.9. The Kier molecular flexibility index (Phi) is 7.28. The summed E-state index contributed by atoms with van der Waals surface area (Å²) in [6.45, 7) is 2.95. The number of nitrogens with one attached hydrogen (secondary N) is 1. The summed E-state index contributed by atoms with van der Waals surface area (Å²) in [5, 5.41) is 14.0. The van der Waals surface area contributed by atoms with Crippen molar-refractivity contribution in [2.45, 2.75) is 37.8 Å². The van der Waals surface area contributed by atoms with E-state index < -0.39 is 0 Å². The van der Waals surface area contributed by atoms with Crippen molar-refractivity contribution in [1.82, 2.24) is 10.2 Å². The Morgan fingerprint density at radius 3 is 2.44 bits per heavy atom. The first kappa shape index (κ1) is 24.0. The third-order valence-electron chi connectivity index (χ3n) is 7.01. The standard InChI is InChI=1S/C29H32N2O5/c1-34-23-9-7-21(8-10-23)24(25-15-27-28(17-26(25)32)36-19-35-27)16-29(33)30-22-11-13-31(14-12-22)18-20-5-3-2-4-6-20/h2-10,15,17,22,24,32H,11-14,16,18-19H2,1H3,(H,30,33). The number of benzene rings is 3. The highest BCUT2D eigenvalue weighted by atomic mass is 16.7. The van der Waals surface area contributed by atoms with E-state index in [9.17, 15) is 9.90 Å². The van der Waals surface area contributed by atoms with Gasteiger partial charge in [0.15, 0.2) is 11.5 Å². The van der Waals surface area contributed by atoms with Gasteiger partial charge in [0.05, 0.1) is 7.11 Å². The van der Waals surface area contributed by atoms with Crippen LogP contribution in [0.4, 0.5) is 0 Å². The van der Waals surface area contributed by atoms with Gasteiger partial charge in [-0.25, -0.2) is 0 Å². The Balaban J connectivity index is 1.26. The first-order valence-corrected chi connectivity index (χ1v) is 12.4. The maximum absolute atomic E-state index is 13.2. The molecule has 5 rings (SSSR count). The average molecular weight is 489 g/mol. The SMILES string of the molecule is COc1ccc(C(CC(=O)NC2CCN(Cc3ccccc3)CC2)c2cc3c(cc2O)OCO3)cc1. The van der Waals surface area contributed by atoms with Gasteiger partial charge in [-0.3, -0.25) is 9.69 Å². The van der Waals surface area contributed by atoms with Crippen LogP contribution < -0.4 is 19.5 Å². The van der Waals surface area contributed by atoms with Crippen molar-refractivity contribution in [1.29, 1.82) is 0 Å². The number of amides is 1. The van der Waals surface area contributed by atoms with E-state index >= 15 is 0 Å². The molecule has 2 aliphatic heterocycles. The van der Waals surface area contributed by atoms with Gasteiger partial charge >= 0.3 is 0 Å². The minimum atomic E-state index is -0.344. The van der Waals surface area contributed by atoms with Crippen molar-refractivity contribution in [2.24, 2.45) is 0 Å². The van der Waals surface area contributed by atoms with E-state index in [0.29, 0.717) is 17.1 Å². The van der Waals surface area contributed by atoms with Crippen LogP contribution in [0.2, 0.25) is 0 Å². The maximum Gasteiger partial charge on any atom is 0.231 e. The number of hydrogen-bond donors (Lipinski definition) is 2. The van der Waals surface area contributed by atoms with Crippen LogP contribution in [0, 0.1) is 0 Å². The number of ether oxygens (including phenoxy) is 3. The molecule has 0 bridgehead atoms. The molecule has 7 nitrogen and oxygen atoms in total. The van der Waals surface area contributed by atoms with Crippen LogP contribution in [0.5, 0.6) is 23.0 Å². The largest absolute Gasteiger partial charge is 0.508 e. The predicted molar refractivity (Wildman–Crippen MR) is 137 cm³/mol. The number of hydrogen-bond acceptors (Lipinski definition) is 6. The van der Waals surface area contributed by atoms with E-state index in [-0.39, 0.29) is 36.8 Å². The second-order valence-electron chi connectivity index (χ2n) is 9.40. The number of phenols is 1. The van der Waals surface area contributed by atoms with Crippen LogP contribution >= 0.6 is 0 Å².